The van der Waals surface area contributed by atoms with E-state index in [9.17, 15) is 0 Å². The van der Waals surface area contributed by atoms with Gasteiger partial charge in [0, 0.05) is 0 Å². The molecule has 30 heavy (non-hydrogen) atoms. The highest BCUT2D eigenvalue weighted by Crippen LogP contribution is 2.39. The normalized spacial score (nSPS) is 12.7. The van der Waals surface area contributed by atoms with Gasteiger partial charge in [0.25, 0.3) is 0 Å². The maximum absolute atomic E-state index is 2.39. The average Bonchev–Trinajstić information content (AvgIpc) is 3.25. The second-order valence-corrected chi connectivity index (χ2v) is 8.46. The number of benzene rings is 4. The second-order valence-electron chi connectivity index (χ2n) is 8.46. The van der Waals surface area contributed by atoms with Gasteiger partial charge in [0.2, 0.25) is 0 Å². The van der Waals surface area contributed by atoms with E-state index in [1.807, 2.05) is 0 Å². The lowest BCUT2D eigenvalue weighted by Crippen LogP contribution is -1.95. The van der Waals surface area contributed by atoms with Crippen molar-refractivity contribution in [3.63, 3.8) is 0 Å². The molecule has 0 nitrogen and oxygen atoms in total. The van der Waals surface area contributed by atoms with Crippen molar-refractivity contribution in [2.75, 3.05) is 0 Å². The predicted molar refractivity (Wildman–Crippen MR) is 129 cm³/mol. The van der Waals surface area contributed by atoms with Gasteiger partial charge in [-0.25, -0.2) is 0 Å². The summed E-state index contributed by atoms with van der Waals surface area (Å²) in [5.41, 5.74) is 12.1. The van der Waals surface area contributed by atoms with Gasteiger partial charge in [0.05, 0.1) is 0 Å². The minimum atomic E-state index is 0.584. The van der Waals surface area contributed by atoms with E-state index in [1.54, 1.807) is 0 Å². The maximum atomic E-state index is 2.39. The van der Waals surface area contributed by atoms with Crippen LogP contribution >= 0.6 is 0 Å². The molecule has 5 rings (SSSR count). The third-order valence-electron chi connectivity index (χ3n) is 6.13. The lowest BCUT2D eigenvalue weighted by Gasteiger charge is -2.14. The zero-order valence-corrected chi connectivity index (χ0v) is 17.6. The van der Waals surface area contributed by atoms with Crippen molar-refractivity contribution >= 4 is 6.08 Å². The van der Waals surface area contributed by atoms with Crippen LogP contribution in [0.3, 0.4) is 0 Å². The molecule has 0 N–H and O–H groups in total. The molecule has 4 aromatic carbocycles. The first kappa shape index (κ1) is 18.6. The van der Waals surface area contributed by atoms with E-state index >= 15 is 0 Å². The highest BCUT2D eigenvalue weighted by Gasteiger charge is 2.19. The van der Waals surface area contributed by atoms with Gasteiger partial charge in [-0.2, -0.15) is 0 Å². The molecule has 1 aliphatic rings. The summed E-state index contributed by atoms with van der Waals surface area (Å²) in [6.07, 6.45) is 3.45. The Morgan fingerprint density at radius 3 is 1.70 bits per heavy atom. The van der Waals surface area contributed by atoms with Crippen molar-refractivity contribution in [1.29, 1.82) is 0 Å². The lowest BCUT2D eigenvalue weighted by atomic mass is 9.90. The van der Waals surface area contributed by atoms with E-state index in [4.69, 9.17) is 0 Å². The van der Waals surface area contributed by atoms with Crippen molar-refractivity contribution in [3.8, 4) is 33.4 Å². The molecule has 0 saturated heterocycles. The van der Waals surface area contributed by atoms with Gasteiger partial charge in [-0.05, 0) is 75.0 Å². The molecule has 0 aliphatic heterocycles. The van der Waals surface area contributed by atoms with Crippen LogP contribution in [0.1, 0.15) is 25.0 Å². The molecule has 0 atom stereocenters. The van der Waals surface area contributed by atoms with Crippen LogP contribution in [0.5, 0.6) is 0 Å². The summed E-state index contributed by atoms with van der Waals surface area (Å²) in [5, 5.41) is 0. The maximum Gasteiger partial charge on any atom is -0.00491 e. The third kappa shape index (κ3) is 3.50. The molecule has 146 valence electrons. The smallest absolute Gasteiger partial charge is 0.00491 e. The molecule has 0 unspecified atom stereocenters. The lowest BCUT2D eigenvalue weighted by molar-refractivity contribution is 0.755. The molecule has 0 radical (unpaired) electrons. The Balaban J connectivity index is 1.68. The first-order valence-electron chi connectivity index (χ1n) is 10.8. The molecule has 4 aromatic rings. The number of allylic oxidation sites excluding steroid dienone is 1. The SMILES string of the molecule is CC(C)C1=Cc2cccc(-c3cc(-c4ccccc4)cc(-c4ccccc4)c3)c2C1. The van der Waals surface area contributed by atoms with Crippen LogP contribution in [-0.2, 0) is 6.42 Å². The number of hydrogen-bond donors (Lipinski definition) is 0. The molecule has 0 fully saturated rings. The molecule has 0 amide bonds. The summed E-state index contributed by atoms with van der Waals surface area (Å²) in [5.74, 6) is 0.584. The van der Waals surface area contributed by atoms with Gasteiger partial charge in [0.15, 0.2) is 0 Å². The summed E-state index contributed by atoms with van der Waals surface area (Å²) in [7, 11) is 0. The van der Waals surface area contributed by atoms with E-state index in [-0.39, 0.29) is 0 Å². The average molecular weight is 387 g/mol. The van der Waals surface area contributed by atoms with Crippen molar-refractivity contribution in [1.82, 2.24) is 0 Å². The number of fused-ring (bicyclic) bond motifs is 1. The van der Waals surface area contributed by atoms with Crippen LogP contribution < -0.4 is 0 Å². The van der Waals surface area contributed by atoms with Gasteiger partial charge >= 0.3 is 0 Å². The van der Waals surface area contributed by atoms with Crippen molar-refractivity contribution in [3.05, 3.63) is 114 Å². The number of hydrogen-bond acceptors (Lipinski definition) is 0. The zero-order chi connectivity index (χ0) is 20.5. The van der Waals surface area contributed by atoms with E-state index < -0.39 is 0 Å². The summed E-state index contributed by atoms with van der Waals surface area (Å²) in [6, 6.07) is 35.2. The predicted octanol–water partition coefficient (Wildman–Crippen LogP) is 8.28. The summed E-state index contributed by atoms with van der Waals surface area (Å²) in [4.78, 5) is 0. The summed E-state index contributed by atoms with van der Waals surface area (Å²) >= 11 is 0. The molecule has 0 spiro atoms. The molecule has 0 aromatic heterocycles. The summed E-state index contributed by atoms with van der Waals surface area (Å²) < 4.78 is 0. The minimum absolute atomic E-state index is 0.584. The fourth-order valence-electron chi connectivity index (χ4n) is 4.41. The van der Waals surface area contributed by atoms with E-state index in [0.29, 0.717) is 5.92 Å². The largest absolute Gasteiger partial charge is 0.0626 e. The van der Waals surface area contributed by atoms with Crippen LogP contribution in [0, 0.1) is 5.92 Å². The van der Waals surface area contributed by atoms with Crippen LogP contribution in [0.4, 0.5) is 0 Å². The van der Waals surface area contributed by atoms with E-state index in [2.05, 4.69) is 117 Å². The monoisotopic (exact) mass is 386 g/mol. The van der Waals surface area contributed by atoms with Gasteiger partial charge in [-0.1, -0.05) is 104 Å². The third-order valence-corrected chi connectivity index (χ3v) is 6.13. The Bertz CT molecular complexity index is 1150. The minimum Gasteiger partial charge on any atom is -0.0626 e. The van der Waals surface area contributed by atoms with E-state index in [0.717, 1.165) is 6.42 Å². The number of rotatable bonds is 4. The fraction of sp³-hybridized carbons (Fsp3) is 0.133. The van der Waals surface area contributed by atoms with Crippen LogP contribution in [-0.4, -0.2) is 0 Å². The van der Waals surface area contributed by atoms with Gasteiger partial charge in [-0.3, -0.25) is 0 Å². The highest BCUT2D eigenvalue weighted by atomic mass is 14.2. The van der Waals surface area contributed by atoms with E-state index in [1.165, 1.54) is 50.1 Å². The quantitative estimate of drug-likeness (QED) is 0.331. The Morgan fingerprint density at radius 1 is 0.567 bits per heavy atom. The Kier molecular flexibility index (Phi) is 4.85. The van der Waals surface area contributed by atoms with Crippen molar-refractivity contribution in [2.45, 2.75) is 20.3 Å². The topological polar surface area (TPSA) is 0 Å². The first-order valence-corrected chi connectivity index (χ1v) is 10.8. The standard InChI is InChI=1S/C30H26/c1-21(2)25-16-24-14-9-15-29(30(24)20-25)28-18-26(22-10-5-3-6-11-22)17-27(19-28)23-12-7-4-8-13-23/h3-19,21H,20H2,1-2H3. The molecule has 0 heterocycles. The molecule has 0 bridgehead atoms. The Morgan fingerprint density at radius 2 is 1.13 bits per heavy atom. The molecular formula is C30H26. The van der Waals surface area contributed by atoms with Gasteiger partial charge in [0.1, 0.15) is 0 Å². The molecule has 0 saturated carbocycles. The molecular weight excluding hydrogens is 360 g/mol. The van der Waals surface area contributed by atoms with Crippen LogP contribution in [0.25, 0.3) is 39.5 Å². The highest BCUT2D eigenvalue weighted by molar-refractivity contribution is 5.84. The first-order chi connectivity index (χ1) is 14.7. The van der Waals surface area contributed by atoms with Gasteiger partial charge < -0.3 is 0 Å². The fourth-order valence-corrected chi connectivity index (χ4v) is 4.41. The second kappa shape index (κ2) is 7.80. The van der Waals surface area contributed by atoms with Crippen molar-refractivity contribution < 1.29 is 0 Å². The molecule has 0 heteroatoms. The van der Waals surface area contributed by atoms with Crippen molar-refractivity contribution in [2.24, 2.45) is 5.92 Å². The Hall–Kier alpha value is -3.38. The Labute approximate surface area is 179 Å². The van der Waals surface area contributed by atoms with Crippen LogP contribution in [0.15, 0.2) is 103 Å². The zero-order valence-electron chi connectivity index (χ0n) is 17.6. The van der Waals surface area contributed by atoms with Gasteiger partial charge in [-0.15, -0.1) is 0 Å². The van der Waals surface area contributed by atoms with Crippen LogP contribution in [0.2, 0.25) is 0 Å². The molecule has 1 aliphatic carbocycles. The summed E-state index contributed by atoms with van der Waals surface area (Å²) in [6.45, 7) is 4.59.